The summed E-state index contributed by atoms with van der Waals surface area (Å²) in [7, 11) is 1.37. The number of methoxy groups -OCH3 is 1. The molecule has 0 spiro atoms. The van der Waals surface area contributed by atoms with Crippen LogP contribution in [0.3, 0.4) is 0 Å². The van der Waals surface area contributed by atoms with Gasteiger partial charge in [0.25, 0.3) is 11.5 Å². The lowest BCUT2D eigenvalue weighted by Gasteiger charge is -2.21. The smallest absolute Gasteiger partial charge is 0.272 e. The summed E-state index contributed by atoms with van der Waals surface area (Å²) in [6.45, 7) is 5.87. The predicted octanol–water partition coefficient (Wildman–Crippen LogP) is 4.90. The molecule has 170 valence electrons. The van der Waals surface area contributed by atoms with E-state index in [1.54, 1.807) is 42.5 Å². The number of H-pyrrole nitrogens is 1. The molecule has 0 fully saturated rings. The van der Waals surface area contributed by atoms with Crippen molar-refractivity contribution in [2.45, 2.75) is 26.4 Å². The molecular weight excluding hydrogens is 425 g/mol. The topological polar surface area (TPSA) is 85.3 Å². The van der Waals surface area contributed by atoms with Crippen LogP contribution in [0.1, 0.15) is 31.3 Å². The zero-order valence-corrected chi connectivity index (χ0v) is 18.7. The van der Waals surface area contributed by atoms with Gasteiger partial charge in [-0.2, -0.15) is 0 Å². The Morgan fingerprint density at radius 3 is 2.39 bits per heavy atom. The molecule has 0 atom stereocenters. The maximum absolute atomic E-state index is 13.9. The first-order chi connectivity index (χ1) is 15.6. The zero-order valence-electron chi connectivity index (χ0n) is 18.7. The van der Waals surface area contributed by atoms with Crippen LogP contribution in [0.25, 0.3) is 16.7 Å². The second-order valence-electron chi connectivity index (χ2n) is 8.51. The van der Waals surface area contributed by atoms with Crippen molar-refractivity contribution in [1.29, 1.82) is 0 Å². The second-order valence-corrected chi connectivity index (χ2v) is 8.51. The molecule has 2 aromatic carbocycles. The lowest BCUT2D eigenvalue weighted by Crippen LogP contribution is -2.23. The van der Waals surface area contributed by atoms with E-state index in [0.717, 1.165) is 0 Å². The number of carbonyl (C=O) groups excluding carboxylic acids is 1. The van der Waals surface area contributed by atoms with E-state index in [2.05, 4.69) is 10.3 Å². The van der Waals surface area contributed by atoms with Gasteiger partial charge in [0.1, 0.15) is 22.7 Å². The number of hydrogen-bond donors (Lipinski definition) is 2. The Balaban J connectivity index is 1.66. The van der Waals surface area contributed by atoms with Crippen LogP contribution in [-0.2, 0) is 0 Å². The molecule has 4 rings (SSSR count). The van der Waals surface area contributed by atoms with E-state index in [1.807, 2.05) is 20.8 Å². The third kappa shape index (κ3) is 4.74. The molecule has 0 saturated heterocycles. The van der Waals surface area contributed by atoms with Crippen molar-refractivity contribution in [3.05, 3.63) is 82.5 Å². The fraction of sp³-hybridized carbons (Fsp3) is 0.200. The fourth-order valence-electron chi connectivity index (χ4n) is 3.46. The van der Waals surface area contributed by atoms with Gasteiger partial charge in [-0.1, -0.05) is 0 Å². The molecule has 0 aliphatic rings. The van der Waals surface area contributed by atoms with Crippen LogP contribution in [0, 0.1) is 5.82 Å². The number of benzene rings is 2. The molecule has 0 saturated carbocycles. The van der Waals surface area contributed by atoms with Gasteiger partial charge < -0.3 is 19.8 Å². The summed E-state index contributed by atoms with van der Waals surface area (Å²) >= 11 is 0. The molecule has 2 aromatic heterocycles. The first-order valence-corrected chi connectivity index (χ1v) is 10.3. The third-order valence-corrected chi connectivity index (χ3v) is 4.85. The van der Waals surface area contributed by atoms with Crippen molar-refractivity contribution >= 4 is 22.6 Å². The molecule has 33 heavy (non-hydrogen) atoms. The first-order valence-electron chi connectivity index (χ1n) is 10.3. The molecular formula is C25H24FN3O4. The maximum Gasteiger partial charge on any atom is 0.272 e. The van der Waals surface area contributed by atoms with Gasteiger partial charge in [0, 0.05) is 23.2 Å². The highest BCUT2D eigenvalue weighted by Gasteiger charge is 2.16. The van der Waals surface area contributed by atoms with Gasteiger partial charge in [-0.05, 0) is 69.3 Å². The number of amides is 1. The maximum atomic E-state index is 13.9. The van der Waals surface area contributed by atoms with Crippen LogP contribution >= 0.6 is 0 Å². The molecule has 4 aromatic rings. The number of rotatable bonds is 5. The van der Waals surface area contributed by atoms with Crippen molar-refractivity contribution in [1.82, 2.24) is 9.55 Å². The van der Waals surface area contributed by atoms with Crippen molar-refractivity contribution < 1.29 is 18.7 Å². The summed E-state index contributed by atoms with van der Waals surface area (Å²) in [5, 5.41) is 3.32. The van der Waals surface area contributed by atoms with Crippen LogP contribution in [0.4, 0.5) is 10.1 Å². The summed E-state index contributed by atoms with van der Waals surface area (Å²) < 4.78 is 26.2. The Labute approximate surface area is 189 Å². The van der Waals surface area contributed by atoms with Gasteiger partial charge in [-0.15, -0.1) is 0 Å². The summed E-state index contributed by atoms with van der Waals surface area (Å²) in [4.78, 5) is 28.4. The number of aromatic amines is 1. The summed E-state index contributed by atoms with van der Waals surface area (Å²) in [6.07, 6.45) is 0. The highest BCUT2D eigenvalue weighted by molar-refractivity contribution is 6.05. The lowest BCUT2D eigenvalue weighted by molar-refractivity contribution is 0.102. The molecule has 0 radical (unpaired) electrons. The molecule has 7 nitrogen and oxygen atoms in total. The van der Waals surface area contributed by atoms with Crippen molar-refractivity contribution in [2.75, 3.05) is 12.4 Å². The van der Waals surface area contributed by atoms with Gasteiger partial charge in [0.15, 0.2) is 11.6 Å². The van der Waals surface area contributed by atoms with E-state index in [0.29, 0.717) is 22.5 Å². The van der Waals surface area contributed by atoms with Crippen LogP contribution in [0.5, 0.6) is 11.5 Å². The van der Waals surface area contributed by atoms with E-state index >= 15 is 0 Å². The number of anilines is 1. The summed E-state index contributed by atoms with van der Waals surface area (Å²) in [5.74, 6) is -0.283. The molecule has 2 heterocycles. The van der Waals surface area contributed by atoms with Gasteiger partial charge in [-0.3, -0.25) is 14.2 Å². The number of nitrogens with one attached hydrogen (secondary N) is 2. The van der Waals surface area contributed by atoms with Crippen LogP contribution in [0.15, 0.2) is 65.5 Å². The quantitative estimate of drug-likeness (QED) is 0.454. The molecule has 8 heteroatoms. The second kappa shape index (κ2) is 8.46. The third-order valence-electron chi connectivity index (χ3n) is 4.85. The van der Waals surface area contributed by atoms with E-state index in [4.69, 9.17) is 9.47 Å². The van der Waals surface area contributed by atoms with Crippen LogP contribution in [0.2, 0.25) is 0 Å². The van der Waals surface area contributed by atoms with E-state index in [-0.39, 0.29) is 28.3 Å². The van der Waals surface area contributed by atoms with Gasteiger partial charge in [0.2, 0.25) is 0 Å². The summed E-state index contributed by atoms with van der Waals surface area (Å²) in [5.41, 5.74) is 1.01. The molecule has 0 aliphatic heterocycles. The monoisotopic (exact) mass is 449 g/mol. The Bertz CT molecular complexity index is 1380. The normalized spacial score (nSPS) is 11.4. The van der Waals surface area contributed by atoms with Crippen LogP contribution < -0.4 is 20.3 Å². The van der Waals surface area contributed by atoms with Crippen molar-refractivity contribution in [2.24, 2.45) is 0 Å². The predicted molar refractivity (Wildman–Crippen MR) is 125 cm³/mol. The number of nitrogens with zero attached hydrogens (tertiary/aromatic N) is 1. The molecule has 0 bridgehead atoms. The highest BCUT2D eigenvalue weighted by atomic mass is 19.1. The Morgan fingerprint density at radius 1 is 1.03 bits per heavy atom. The number of pyridine rings is 1. The highest BCUT2D eigenvalue weighted by Crippen LogP contribution is 2.24. The lowest BCUT2D eigenvalue weighted by atomic mass is 10.2. The zero-order chi connectivity index (χ0) is 23.8. The van der Waals surface area contributed by atoms with Crippen molar-refractivity contribution in [3.63, 3.8) is 0 Å². The molecule has 1 amide bonds. The van der Waals surface area contributed by atoms with E-state index in [1.165, 1.54) is 29.9 Å². The first kappa shape index (κ1) is 22.1. The average molecular weight is 449 g/mol. The largest absolute Gasteiger partial charge is 0.494 e. The Morgan fingerprint density at radius 2 is 1.76 bits per heavy atom. The van der Waals surface area contributed by atoms with Gasteiger partial charge in [-0.25, -0.2) is 4.39 Å². The van der Waals surface area contributed by atoms with E-state index in [9.17, 15) is 14.0 Å². The Hall–Kier alpha value is -4.07. The summed E-state index contributed by atoms with van der Waals surface area (Å²) in [6, 6.07) is 16.0. The SMILES string of the molecule is COc1ccc(NC(=O)c2cc3ccc(=O)n(-c4ccc(OC(C)(C)C)cc4)c3[nH]2)cc1F. The minimum atomic E-state index is -0.584. The minimum absolute atomic E-state index is 0.0848. The fourth-order valence-corrected chi connectivity index (χ4v) is 3.46. The standard InChI is InChI=1S/C25H24FN3O4/c1-25(2,3)33-18-9-7-17(8-10-18)29-22(30)12-5-15-13-20(28-23(15)29)24(31)27-16-6-11-21(32-4)19(26)14-16/h5-14,28H,1-4H3,(H,27,31). The van der Waals surface area contributed by atoms with E-state index < -0.39 is 11.7 Å². The number of hydrogen-bond acceptors (Lipinski definition) is 4. The Kier molecular flexibility index (Phi) is 5.68. The van der Waals surface area contributed by atoms with Crippen molar-refractivity contribution in [3.8, 4) is 17.2 Å². The number of aromatic nitrogens is 2. The average Bonchev–Trinajstić information content (AvgIpc) is 3.18. The molecule has 2 N–H and O–H groups in total. The van der Waals surface area contributed by atoms with Crippen LogP contribution in [-0.4, -0.2) is 28.2 Å². The van der Waals surface area contributed by atoms with Gasteiger partial charge in [0.05, 0.1) is 12.8 Å². The number of fused-ring (bicyclic) bond motifs is 1. The molecule has 0 unspecified atom stereocenters. The minimum Gasteiger partial charge on any atom is -0.494 e. The number of ether oxygens (including phenoxy) is 2. The number of carbonyl (C=O) groups is 1. The number of halogens is 1. The molecule has 0 aliphatic carbocycles. The van der Waals surface area contributed by atoms with Gasteiger partial charge >= 0.3 is 0 Å².